The predicted molar refractivity (Wildman–Crippen MR) is 65.9 cm³/mol. The maximum Gasteiger partial charge on any atom is 0.335 e. The van der Waals surface area contributed by atoms with Crippen LogP contribution in [0.1, 0.15) is 26.2 Å². The second-order valence-corrected chi connectivity index (χ2v) is 5.43. The van der Waals surface area contributed by atoms with Gasteiger partial charge in [0, 0.05) is 0 Å². The topological polar surface area (TPSA) is 83.8 Å². The summed E-state index contributed by atoms with van der Waals surface area (Å²) in [7, 11) is 5.64. The van der Waals surface area contributed by atoms with Gasteiger partial charge in [-0.1, -0.05) is 13.3 Å². The lowest BCUT2D eigenvalue weighted by Crippen LogP contribution is -2.44. The monoisotopic (exact) mass is 262 g/mol. The first-order valence-corrected chi connectivity index (χ1v) is 6.06. The van der Waals surface area contributed by atoms with E-state index in [0.717, 1.165) is 0 Å². The van der Waals surface area contributed by atoms with Gasteiger partial charge in [0.15, 0.2) is 12.2 Å². The molecule has 2 N–H and O–H groups in total. The number of ether oxygens (including phenoxy) is 1. The van der Waals surface area contributed by atoms with E-state index in [1.807, 2.05) is 28.1 Å². The molecule has 0 aliphatic carbocycles. The third-order valence-electron chi connectivity index (χ3n) is 2.27. The van der Waals surface area contributed by atoms with Gasteiger partial charge in [0.05, 0.1) is 27.6 Å². The van der Waals surface area contributed by atoms with E-state index >= 15 is 0 Å². The van der Waals surface area contributed by atoms with Crippen molar-refractivity contribution in [3.8, 4) is 0 Å². The zero-order valence-corrected chi connectivity index (χ0v) is 11.5. The molecule has 0 radical (unpaired) electrons. The van der Waals surface area contributed by atoms with E-state index in [1.165, 1.54) is 0 Å². The molecule has 0 aromatic heterocycles. The number of carbonyl (C=O) groups is 2. The molecular formula is C12H24NO5+. The Morgan fingerprint density at radius 3 is 2.22 bits per heavy atom. The van der Waals surface area contributed by atoms with E-state index in [4.69, 9.17) is 9.84 Å². The highest BCUT2D eigenvalue weighted by Crippen LogP contribution is 2.08. The van der Waals surface area contributed by atoms with Crippen molar-refractivity contribution in [1.82, 2.24) is 0 Å². The third kappa shape index (κ3) is 8.03. The number of nitrogens with zero attached hydrogens (tertiary/aromatic N) is 1. The first kappa shape index (κ1) is 16.9. The summed E-state index contributed by atoms with van der Waals surface area (Å²) in [4.78, 5) is 22.3. The number of aliphatic hydroxyl groups excluding tert-OH is 1. The van der Waals surface area contributed by atoms with Gasteiger partial charge >= 0.3 is 11.9 Å². The van der Waals surface area contributed by atoms with Gasteiger partial charge in [0.1, 0.15) is 6.54 Å². The maximum absolute atomic E-state index is 11.5. The summed E-state index contributed by atoms with van der Waals surface area (Å²) in [5.41, 5.74) is 0. The van der Waals surface area contributed by atoms with Gasteiger partial charge in [0.25, 0.3) is 0 Å². The number of carbonyl (C=O) groups excluding carboxylic acids is 1. The molecule has 0 rings (SSSR count). The molecule has 0 aliphatic rings. The van der Waals surface area contributed by atoms with Crippen LogP contribution in [0.25, 0.3) is 0 Å². The molecule has 0 bridgehead atoms. The van der Waals surface area contributed by atoms with Crippen LogP contribution in [0, 0.1) is 0 Å². The van der Waals surface area contributed by atoms with Crippen LogP contribution >= 0.6 is 0 Å². The van der Waals surface area contributed by atoms with Gasteiger partial charge in [-0.2, -0.15) is 0 Å². The van der Waals surface area contributed by atoms with E-state index in [2.05, 4.69) is 0 Å². The van der Waals surface area contributed by atoms with Crippen molar-refractivity contribution < 1.29 is 29.0 Å². The zero-order valence-electron chi connectivity index (χ0n) is 11.5. The number of carboxylic acids is 1. The molecule has 0 aromatic rings. The summed E-state index contributed by atoms with van der Waals surface area (Å²) >= 11 is 0. The predicted octanol–water partition coefficient (Wildman–Crippen LogP) is 0.240. The van der Waals surface area contributed by atoms with Crippen molar-refractivity contribution in [2.45, 2.75) is 38.4 Å². The summed E-state index contributed by atoms with van der Waals surface area (Å²) in [5.74, 6) is -1.76. The van der Waals surface area contributed by atoms with Crippen LogP contribution in [0.15, 0.2) is 0 Å². The Bertz CT molecular complexity index is 285. The molecule has 6 nitrogen and oxygen atoms in total. The SMILES string of the molecule is CCCC(O)C(=O)O[C@H](CC(=O)O)C[N+](C)(C)C. The zero-order chi connectivity index (χ0) is 14.3. The summed E-state index contributed by atoms with van der Waals surface area (Å²) in [6.45, 7) is 2.23. The van der Waals surface area contributed by atoms with Gasteiger partial charge < -0.3 is 19.4 Å². The van der Waals surface area contributed by atoms with Crippen molar-refractivity contribution in [3.05, 3.63) is 0 Å². The number of hydrogen-bond acceptors (Lipinski definition) is 4. The molecule has 18 heavy (non-hydrogen) atoms. The normalized spacial score (nSPS) is 14.9. The first-order valence-electron chi connectivity index (χ1n) is 6.06. The van der Waals surface area contributed by atoms with E-state index in [-0.39, 0.29) is 6.42 Å². The minimum atomic E-state index is -1.17. The van der Waals surface area contributed by atoms with Gasteiger partial charge in [-0.25, -0.2) is 4.79 Å². The lowest BCUT2D eigenvalue weighted by Gasteiger charge is -2.28. The summed E-state index contributed by atoms with van der Waals surface area (Å²) in [6.07, 6.45) is -1.15. The van der Waals surface area contributed by atoms with Gasteiger partial charge in [0.2, 0.25) is 0 Å². The quantitative estimate of drug-likeness (QED) is 0.483. The molecule has 0 amide bonds. The molecular weight excluding hydrogens is 238 g/mol. The van der Waals surface area contributed by atoms with Crippen LogP contribution in [-0.2, 0) is 14.3 Å². The molecule has 0 heterocycles. The lowest BCUT2D eigenvalue weighted by molar-refractivity contribution is -0.873. The molecule has 0 aliphatic heterocycles. The van der Waals surface area contributed by atoms with E-state index < -0.39 is 24.1 Å². The highest BCUT2D eigenvalue weighted by Gasteiger charge is 2.27. The number of carboxylic acid groups (broad SMARTS) is 1. The minimum absolute atomic E-state index is 0.250. The number of rotatable bonds is 8. The molecule has 0 spiro atoms. The fourth-order valence-electron chi connectivity index (χ4n) is 1.58. The van der Waals surface area contributed by atoms with Gasteiger partial charge in [-0.05, 0) is 6.42 Å². The standard InChI is InChI=1S/C12H23NO5/c1-5-6-10(14)12(17)18-9(7-11(15)16)8-13(2,3)4/h9-10,14H,5-8H2,1-4H3/p+1/t9-,10?/m1/s1. The molecule has 2 atom stereocenters. The van der Waals surface area contributed by atoms with Crippen molar-refractivity contribution >= 4 is 11.9 Å². The Balaban J connectivity index is 4.48. The fraction of sp³-hybridized carbons (Fsp3) is 0.833. The Hall–Kier alpha value is -1.14. The average molecular weight is 262 g/mol. The number of esters is 1. The van der Waals surface area contributed by atoms with Gasteiger partial charge in [-0.3, -0.25) is 4.79 Å². The van der Waals surface area contributed by atoms with Crippen LogP contribution in [0.2, 0.25) is 0 Å². The highest BCUT2D eigenvalue weighted by atomic mass is 16.6. The second kappa shape index (κ2) is 7.33. The molecule has 106 valence electrons. The van der Waals surface area contributed by atoms with E-state index in [9.17, 15) is 14.7 Å². The molecule has 0 saturated heterocycles. The summed E-state index contributed by atoms with van der Waals surface area (Å²) < 4.78 is 5.55. The lowest BCUT2D eigenvalue weighted by atomic mass is 10.2. The molecule has 1 unspecified atom stereocenters. The third-order valence-corrected chi connectivity index (χ3v) is 2.27. The number of quaternary nitrogens is 1. The van der Waals surface area contributed by atoms with E-state index in [1.54, 1.807) is 0 Å². The number of likely N-dealkylation sites (N-methyl/N-ethyl adjacent to an activating group) is 1. The average Bonchev–Trinajstić information content (AvgIpc) is 2.13. The van der Waals surface area contributed by atoms with Crippen molar-refractivity contribution in [2.24, 2.45) is 0 Å². The molecule has 6 heteroatoms. The largest absolute Gasteiger partial charge is 0.481 e. The first-order chi connectivity index (χ1) is 8.15. The number of aliphatic carboxylic acids is 1. The Morgan fingerprint density at radius 2 is 1.83 bits per heavy atom. The van der Waals surface area contributed by atoms with Crippen LogP contribution in [0.4, 0.5) is 0 Å². The van der Waals surface area contributed by atoms with Crippen LogP contribution in [0.3, 0.4) is 0 Å². The van der Waals surface area contributed by atoms with Crippen molar-refractivity contribution in [2.75, 3.05) is 27.7 Å². The summed E-state index contributed by atoms with van der Waals surface area (Å²) in [6, 6.07) is 0. The highest BCUT2D eigenvalue weighted by molar-refractivity contribution is 5.75. The smallest absolute Gasteiger partial charge is 0.335 e. The van der Waals surface area contributed by atoms with Crippen LogP contribution in [-0.4, -0.2) is 66.5 Å². The van der Waals surface area contributed by atoms with Crippen LogP contribution < -0.4 is 0 Å². The summed E-state index contributed by atoms with van der Waals surface area (Å²) in [5, 5.41) is 18.2. The Morgan fingerprint density at radius 1 is 1.28 bits per heavy atom. The van der Waals surface area contributed by atoms with Crippen molar-refractivity contribution in [1.29, 1.82) is 0 Å². The minimum Gasteiger partial charge on any atom is -0.481 e. The number of aliphatic hydroxyl groups is 1. The van der Waals surface area contributed by atoms with Gasteiger partial charge in [-0.15, -0.1) is 0 Å². The number of hydrogen-bond donors (Lipinski definition) is 2. The Labute approximate surface area is 108 Å². The Kier molecular flexibility index (Phi) is 6.86. The molecule has 0 saturated carbocycles. The fourth-order valence-corrected chi connectivity index (χ4v) is 1.58. The molecule has 0 fully saturated rings. The maximum atomic E-state index is 11.5. The second-order valence-electron chi connectivity index (χ2n) is 5.43. The molecule has 0 aromatic carbocycles. The van der Waals surface area contributed by atoms with E-state index in [0.29, 0.717) is 23.9 Å². The van der Waals surface area contributed by atoms with Crippen LogP contribution in [0.5, 0.6) is 0 Å². The van der Waals surface area contributed by atoms with Crippen molar-refractivity contribution in [3.63, 3.8) is 0 Å².